The number of aromatic nitrogens is 1. The van der Waals surface area contributed by atoms with E-state index in [0.29, 0.717) is 0 Å². The third-order valence-electron chi connectivity index (χ3n) is 1.67. The fraction of sp³-hybridized carbons (Fsp3) is 0.375. The predicted octanol–water partition coefficient (Wildman–Crippen LogP) is 1.82. The van der Waals surface area contributed by atoms with Gasteiger partial charge in [0.2, 0.25) is 0 Å². The van der Waals surface area contributed by atoms with Crippen LogP contribution in [0.1, 0.15) is 11.4 Å². The average Bonchev–Trinajstić information content (AvgIpc) is 2.03. The van der Waals surface area contributed by atoms with Crippen molar-refractivity contribution in [3.05, 3.63) is 28.4 Å². The van der Waals surface area contributed by atoms with Crippen molar-refractivity contribution in [1.29, 1.82) is 0 Å². The zero-order valence-corrected chi connectivity index (χ0v) is 7.40. The van der Waals surface area contributed by atoms with Crippen LogP contribution in [0.3, 0.4) is 0 Å². The van der Waals surface area contributed by atoms with Gasteiger partial charge in [-0.05, 0) is 26.0 Å². The third kappa shape index (κ3) is 1.58. The summed E-state index contributed by atoms with van der Waals surface area (Å²) in [6.45, 7) is 3.76. The molecule has 0 saturated carbocycles. The van der Waals surface area contributed by atoms with E-state index in [0.717, 1.165) is 17.1 Å². The van der Waals surface area contributed by atoms with Gasteiger partial charge in [-0.25, -0.2) is 5.01 Å². The zero-order valence-electron chi connectivity index (χ0n) is 7.40. The van der Waals surface area contributed by atoms with Gasteiger partial charge in [0.1, 0.15) is 0 Å². The topological polar surface area (TPSA) is 45.6 Å². The van der Waals surface area contributed by atoms with Crippen molar-refractivity contribution in [3.8, 4) is 0 Å². The van der Waals surface area contributed by atoms with Gasteiger partial charge < -0.3 is 0 Å². The number of aryl methyl sites for hydroxylation is 2. The van der Waals surface area contributed by atoms with Crippen LogP contribution in [0, 0.1) is 18.8 Å². The van der Waals surface area contributed by atoms with Gasteiger partial charge in [-0.3, -0.25) is 4.98 Å². The van der Waals surface area contributed by atoms with Crippen molar-refractivity contribution in [2.24, 2.45) is 5.29 Å². The largest absolute Gasteiger partial charge is 0.256 e. The fourth-order valence-electron chi connectivity index (χ4n) is 1.07. The second kappa shape index (κ2) is 3.30. The first-order chi connectivity index (χ1) is 5.65. The van der Waals surface area contributed by atoms with Crippen molar-refractivity contribution in [1.82, 2.24) is 4.98 Å². The summed E-state index contributed by atoms with van der Waals surface area (Å²) in [5, 5.41) is 4.06. The minimum atomic E-state index is 0.746. The number of pyridine rings is 1. The van der Waals surface area contributed by atoms with E-state index in [2.05, 4.69) is 10.3 Å². The second-order valence-electron chi connectivity index (χ2n) is 2.66. The first kappa shape index (κ1) is 8.64. The van der Waals surface area contributed by atoms with Gasteiger partial charge in [-0.1, -0.05) is 0 Å². The van der Waals surface area contributed by atoms with Crippen LogP contribution in [0.4, 0.5) is 5.69 Å². The molecule has 1 heterocycles. The molecule has 0 aliphatic carbocycles. The number of hydrogen-bond acceptors (Lipinski definition) is 3. The van der Waals surface area contributed by atoms with Crippen LogP contribution >= 0.6 is 0 Å². The van der Waals surface area contributed by atoms with Gasteiger partial charge in [0, 0.05) is 12.7 Å². The van der Waals surface area contributed by atoms with Gasteiger partial charge >= 0.3 is 0 Å². The number of nitroso groups, excluding NO2 is 1. The van der Waals surface area contributed by atoms with Gasteiger partial charge in [0.15, 0.2) is 0 Å². The van der Waals surface area contributed by atoms with Crippen LogP contribution in [0.25, 0.3) is 0 Å². The van der Waals surface area contributed by atoms with Crippen molar-refractivity contribution in [2.45, 2.75) is 13.8 Å². The first-order valence-corrected chi connectivity index (χ1v) is 3.66. The molecule has 0 aromatic carbocycles. The minimum absolute atomic E-state index is 0.746. The van der Waals surface area contributed by atoms with E-state index >= 15 is 0 Å². The highest BCUT2D eigenvalue weighted by Crippen LogP contribution is 2.16. The molecule has 1 aromatic heterocycles. The molecule has 0 N–H and O–H groups in total. The van der Waals surface area contributed by atoms with E-state index < -0.39 is 0 Å². The van der Waals surface area contributed by atoms with Crippen LogP contribution in [0.5, 0.6) is 0 Å². The summed E-state index contributed by atoms with van der Waals surface area (Å²) in [5.41, 5.74) is 2.50. The molecule has 64 valence electrons. The summed E-state index contributed by atoms with van der Waals surface area (Å²) in [5.74, 6) is 0. The lowest BCUT2D eigenvalue weighted by Gasteiger charge is -2.10. The normalized spacial score (nSPS) is 9.58. The highest BCUT2D eigenvalue weighted by Gasteiger charge is 2.04. The van der Waals surface area contributed by atoms with E-state index in [1.54, 1.807) is 7.05 Å². The lowest BCUT2D eigenvalue weighted by molar-refractivity contribution is 0.970. The Bertz CT molecular complexity index is 298. The van der Waals surface area contributed by atoms with Crippen LogP contribution in [-0.2, 0) is 0 Å². The molecule has 0 atom stereocenters. The minimum Gasteiger partial charge on any atom is -0.256 e. The van der Waals surface area contributed by atoms with E-state index in [1.807, 2.05) is 26.0 Å². The third-order valence-corrected chi connectivity index (χ3v) is 1.67. The summed E-state index contributed by atoms with van der Waals surface area (Å²) in [6, 6.07) is 3.68. The van der Waals surface area contributed by atoms with Gasteiger partial charge in [0.05, 0.1) is 16.7 Å². The van der Waals surface area contributed by atoms with E-state index in [9.17, 15) is 4.91 Å². The lowest BCUT2D eigenvalue weighted by atomic mass is 10.3. The molecule has 0 fully saturated rings. The lowest BCUT2D eigenvalue weighted by Crippen LogP contribution is -2.09. The Morgan fingerprint density at radius 2 is 2.08 bits per heavy atom. The molecule has 0 radical (unpaired) electrons. The number of nitrogens with zero attached hydrogens (tertiary/aromatic N) is 3. The highest BCUT2D eigenvalue weighted by atomic mass is 16.3. The monoisotopic (exact) mass is 165 g/mol. The van der Waals surface area contributed by atoms with Crippen LogP contribution in [-0.4, -0.2) is 12.0 Å². The van der Waals surface area contributed by atoms with Crippen molar-refractivity contribution < 1.29 is 0 Å². The molecule has 0 bridgehead atoms. The Morgan fingerprint density at radius 3 is 2.58 bits per heavy atom. The van der Waals surface area contributed by atoms with E-state index in [4.69, 9.17) is 0 Å². The zero-order chi connectivity index (χ0) is 9.14. The summed E-state index contributed by atoms with van der Waals surface area (Å²) in [4.78, 5) is 14.4. The Kier molecular flexibility index (Phi) is 2.38. The van der Waals surface area contributed by atoms with Gasteiger partial charge in [0.25, 0.3) is 0 Å². The maximum Gasteiger partial charge on any atom is 0.0835 e. The Balaban J connectivity index is 3.09. The summed E-state index contributed by atoms with van der Waals surface area (Å²) in [6.07, 6.45) is 0. The van der Waals surface area contributed by atoms with Gasteiger partial charge in [-0.2, -0.15) is 0 Å². The molecule has 4 heteroatoms. The molecular formula is C8H11N3O. The number of hydrogen-bond donors (Lipinski definition) is 0. The molecule has 0 spiro atoms. The second-order valence-corrected chi connectivity index (χ2v) is 2.66. The SMILES string of the molecule is Cc1ccc(N(C)N=O)c(C)n1. The average molecular weight is 165 g/mol. The van der Waals surface area contributed by atoms with Crippen molar-refractivity contribution in [3.63, 3.8) is 0 Å². The molecular weight excluding hydrogens is 154 g/mol. The molecule has 0 saturated heterocycles. The Morgan fingerprint density at radius 1 is 1.42 bits per heavy atom. The van der Waals surface area contributed by atoms with E-state index in [-0.39, 0.29) is 0 Å². The quantitative estimate of drug-likeness (QED) is 0.496. The molecule has 0 unspecified atom stereocenters. The number of anilines is 1. The molecule has 4 nitrogen and oxygen atoms in total. The van der Waals surface area contributed by atoms with Crippen LogP contribution in [0.15, 0.2) is 17.4 Å². The van der Waals surface area contributed by atoms with Crippen LogP contribution in [0.2, 0.25) is 0 Å². The van der Waals surface area contributed by atoms with Crippen LogP contribution < -0.4 is 5.01 Å². The summed E-state index contributed by atoms with van der Waals surface area (Å²) < 4.78 is 0. The Labute approximate surface area is 71.2 Å². The van der Waals surface area contributed by atoms with E-state index in [1.165, 1.54) is 5.01 Å². The molecule has 0 aliphatic heterocycles. The maximum absolute atomic E-state index is 10.2. The summed E-state index contributed by atoms with van der Waals surface area (Å²) >= 11 is 0. The van der Waals surface area contributed by atoms with Crippen molar-refractivity contribution >= 4 is 5.69 Å². The maximum atomic E-state index is 10.2. The Hall–Kier alpha value is -1.45. The molecule has 0 amide bonds. The fourth-order valence-corrected chi connectivity index (χ4v) is 1.07. The first-order valence-electron chi connectivity index (χ1n) is 3.66. The molecule has 0 aliphatic rings. The molecule has 1 aromatic rings. The number of rotatable bonds is 2. The smallest absolute Gasteiger partial charge is 0.0835 e. The predicted molar refractivity (Wildman–Crippen MR) is 47.9 cm³/mol. The highest BCUT2D eigenvalue weighted by molar-refractivity contribution is 5.48. The standard InChI is InChI=1S/C8H11N3O/c1-6-4-5-8(7(2)9-6)11(3)10-12/h4-5H,1-3H3. The molecule has 1 rings (SSSR count). The molecule has 12 heavy (non-hydrogen) atoms. The van der Waals surface area contributed by atoms with Crippen molar-refractivity contribution in [2.75, 3.05) is 12.1 Å². The summed E-state index contributed by atoms with van der Waals surface area (Å²) in [7, 11) is 1.60. The van der Waals surface area contributed by atoms with Gasteiger partial charge in [-0.15, -0.1) is 4.91 Å².